The van der Waals surface area contributed by atoms with Gasteiger partial charge in [0.15, 0.2) is 0 Å². The number of alkyl halides is 3. The molecule has 0 aliphatic heterocycles. The van der Waals surface area contributed by atoms with E-state index in [2.05, 4.69) is 15.0 Å². The average Bonchev–Trinajstić information content (AvgIpc) is 2.53. The standard InChI is InChI=1S/C17H17F3N2O2/c1-10(12-4-6-13(7-5-12)17(18,19)20)21-15-9-8-14(11(2)22-15)16(23)24-3/h4-10H,1-3H3,(H,21,22). The fourth-order valence-electron chi connectivity index (χ4n) is 2.23. The minimum atomic E-state index is -4.35. The number of ether oxygens (including phenoxy) is 1. The summed E-state index contributed by atoms with van der Waals surface area (Å²) in [7, 11) is 1.29. The molecule has 2 aromatic rings. The number of anilines is 1. The van der Waals surface area contributed by atoms with E-state index in [1.54, 1.807) is 19.1 Å². The van der Waals surface area contributed by atoms with Crippen molar-refractivity contribution in [3.8, 4) is 0 Å². The van der Waals surface area contributed by atoms with Gasteiger partial charge in [-0.25, -0.2) is 9.78 Å². The van der Waals surface area contributed by atoms with Crippen LogP contribution in [0.1, 0.15) is 40.1 Å². The van der Waals surface area contributed by atoms with E-state index in [1.807, 2.05) is 6.92 Å². The van der Waals surface area contributed by atoms with Gasteiger partial charge in [-0.15, -0.1) is 0 Å². The molecule has 0 aliphatic rings. The van der Waals surface area contributed by atoms with Crippen molar-refractivity contribution in [2.75, 3.05) is 12.4 Å². The molecule has 7 heteroatoms. The minimum Gasteiger partial charge on any atom is -0.465 e. The first-order valence-corrected chi connectivity index (χ1v) is 7.22. The van der Waals surface area contributed by atoms with Gasteiger partial charge in [0.25, 0.3) is 0 Å². The highest BCUT2D eigenvalue weighted by Crippen LogP contribution is 2.30. The van der Waals surface area contributed by atoms with E-state index < -0.39 is 17.7 Å². The lowest BCUT2D eigenvalue weighted by atomic mass is 10.1. The van der Waals surface area contributed by atoms with Crippen molar-refractivity contribution in [3.05, 3.63) is 58.8 Å². The maximum absolute atomic E-state index is 12.6. The summed E-state index contributed by atoms with van der Waals surface area (Å²) in [4.78, 5) is 15.8. The Labute approximate surface area is 137 Å². The Balaban J connectivity index is 2.13. The molecule has 128 valence electrons. The van der Waals surface area contributed by atoms with Crippen LogP contribution in [0.3, 0.4) is 0 Å². The topological polar surface area (TPSA) is 51.2 Å². The van der Waals surface area contributed by atoms with Gasteiger partial charge in [0.1, 0.15) is 5.82 Å². The highest BCUT2D eigenvalue weighted by molar-refractivity contribution is 5.90. The quantitative estimate of drug-likeness (QED) is 0.841. The number of aromatic nitrogens is 1. The predicted molar refractivity (Wildman–Crippen MR) is 83.8 cm³/mol. The van der Waals surface area contributed by atoms with Gasteiger partial charge in [-0.2, -0.15) is 13.2 Å². The third-order valence-electron chi connectivity index (χ3n) is 3.59. The molecule has 0 fully saturated rings. The summed E-state index contributed by atoms with van der Waals surface area (Å²) in [5, 5.41) is 3.10. The summed E-state index contributed by atoms with van der Waals surface area (Å²) < 4.78 is 42.4. The molecule has 4 nitrogen and oxygen atoms in total. The number of hydrogen-bond acceptors (Lipinski definition) is 4. The van der Waals surface area contributed by atoms with Crippen LogP contribution in [0.25, 0.3) is 0 Å². The fourth-order valence-corrected chi connectivity index (χ4v) is 2.23. The minimum absolute atomic E-state index is 0.247. The number of hydrogen-bond donors (Lipinski definition) is 1. The third kappa shape index (κ3) is 4.04. The molecule has 0 radical (unpaired) electrons. The number of carbonyl (C=O) groups is 1. The molecular weight excluding hydrogens is 321 g/mol. The largest absolute Gasteiger partial charge is 0.465 e. The number of esters is 1. The maximum Gasteiger partial charge on any atom is 0.416 e. The number of rotatable bonds is 4. The van der Waals surface area contributed by atoms with Gasteiger partial charge in [-0.05, 0) is 43.7 Å². The number of aryl methyl sites for hydroxylation is 1. The Kier molecular flexibility index (Phi) is 5.11. The van der Waals surface area contributed by atoms with Crippen molar-refractivity contribution in [2.45, 2.75) is 26.1 Å². The van der Waals surface area contributed by atoms with E-state index in [0.717, 1.165) is 12.1 Å². The lowest BCUT2D eigenvalue weighted by molar-refractivity contribution is -0.137. The van der Waals surface area contributed by atoms with Gasteiger partial charge in [0.05, 0.1) is 23.9 Å². The fraction of sp³-hybridized carbons (Fsp3) is 0.294. The monoisotopic (exact) mass is 338 g/mol. The van der Waals surface area contributed by atoms with Gasteiger partial charge >= 0.3 is 12.1 Å². The van der Waals surface area contributed by atoms with Crippen molar-refractivity contribution in [1.29, 1.82) is 0 Å². The molecule has 0 bridgehead atoms. The van der Waals surface area contributed by atoms with E-state index in [9.17, 15) is 18.0 Å². The Morgan fingerprint density at radius 3 is 2.29 bits per heavy atom. The molecule has 1 heterocycles. The zero-order valence-electron chi connectivity index (χ0n) is 13.4. The first kappa shape index (κ1) is 17.8. The molecule has 1 aromatic heterocycles. The van der Waals surface area contributed by atoms with Crippen molar-refractivity contribution in [2.24, 2.45) is 0 Å². The summed E-state index contributed by atoms with van der Waals surface area (Å²) in [5.74, 6) is 0.0508. The van der Waals surface area contributed by atoms with E-state index in [-0.39, 0.29) is 6.04 Å². The number of benzene rings is 1. The molecule has 1 N–H and O–H groups in total. The average molecular weight is 338 g/mol. The molecule has 0 amide bonds. The lowest BCUT2D eigenvalue weighted by Gasteiger charge is -2.17. The number of pyridine rings is 1. The summed E-state index contributed by atoms with van der Waals surface area (Å²) in [6.45, 7) is 3.49. The molecule has 0 saturated carbocycles. The summed E-state index contributed by atoms with van der Waals surface area (Å²) in [6, 6.07) is 7.92. The van der Waals surface area contributed by atoms with Crippen molar-refractivity contribution in [3.63, 3.8) is 0 Å². The second kappa shape index (κ2) is 6.90. The van der Waals surface area contributed by atoms with Crippen LogP contribution in [0.15, 0.2) is 36.4 Å². The van der Waals surface area contributed by atoms with Gasteiger partial charge in [-0.3, -0.25) is 0 Å². The summed E-state index contributed by atoms with van der Waals surface area (Å²) in [6.07, 6.45) is -4.35. The molecule has 0 aliphatic carbocycles. The van der Waals surface area contributed by atoms with E-state index in [1.165, 1.54) is 19.2 Å². The first-order chi connectivity index (χ1) is 11.2. The molecule has 0 spiro atoms. The molecule has 1 unspecified atom stereocenters. The van der Waals surface area contributed by atoms with Crippen LogP contribution < -0.4 is 5.32 Å². The second-order valence-electron chi connectivity index (χ2n) is 5.31. The molecule has 1 atom stereocenters. The number of nitrogens with one attached hydrogen (secondary N) is 1. The van der Waals surface area contributed by atoms with Crippen LogP contribution in [0.4, 0.5) is 19.0 Å². The summed E-state index contributed by atoms with van der Waals surface area (Å²) >= 11 is 0. The third-order valence-corrected chi connectivity index (χ3v) is 3.59. The van der Waals surface area contributed by atoms with Crippen LogP contribution in [0, 0.1) is 6.92 Å². The smallest absolute Gasteiger partial charge is 0.416 e. The van der Waals surface area contributed by atoms with E-state index >= 15 is 0 Å². The molecule has 24 heavy (non-hydrogen) atoms. The SMILES string of the molecule is COC(=O)c1ccc(NC(C)c2ccc(C(F)(F)F)cc2)nc1C. The number of methoxy groups -OCH3 is 1. The van der Waals surface area contributed by atoms with Crippen LogP contribution in [0.5, 0.6) is 0 Å². The Hall–Kier alpha value is -2.57. The lowest BCUT2D eigenvalue weighted by Crippen LogP contribution is -2.11. The Bertz CT molecular complexity index is 728. The van der Waals surface area contributed by atoms with Crippen molar-refractivity contribution < 1.29 is 22.7 Å². The normalized spacial score (nSPS) is 12.6. The molecule has 2 rings (SSSR count). The molecule has 1 aromatic carbocycles. The number of nitrogens with zero attached hydrogens (tertiary/aromatic N) is 1. The predicted octanol–water partition coefficient (Wildman–Crippen LogP) is 4.37. The van der Waals surface area contributed by atoms with Crippen molar-refractivity contribution in [1.82, 2.24) is 4.98 Å². The summed E-state index contributed by atoms with van der Waals surface area (Å²) in [5.41, 5.74) is 0.881. The Morgan fingerprint density at radius 2 is 1.79 bits per heavy atom. The number of halogens is 3. The zero-order valence-corrected chi connectivity index (χ0v) is 13.4. The number of carbonyl (C=O) groups excluding carboxylic acids is 1. The highest BCUT2D eigenvalue weighted by atomic mass is 19.4. The van der Waals surface area contributed by atoms with E-state index in [0.29, 0.717) is 22.6 Å². The van der Waals surface area contributed by atoms with Gasteiger partial charge in [0, 0.05) is 6.04 Å². The van der Waals surface area contributed by atoms with Gasteiger partial charge < -0.3 is 10.1 Å². The van der Waals surface area contributed by atoms with Gasteiger partial charge in [0.2, 0.25) is 0 Å². The Morgan fingerprint density at radius 1 is 1.17 bits per heavy atom. The van der Waals surface area contributed by atoms with Crippen LogP contribution in [0.2, 0.25) is 0 Å². The van der Waals surface area contributed by atoms with Crippen molar-refractivity contribution >= 4 is 11.8 Å². The first-order valence-electron chi connectivity index (χ1n) is 7.22. The van der Waals surface area contributed by atoms with Crippen LogP contribution >= 0.6 is 0 Å². The maximum atomic E-state index is 12.6. The highest BCUT2D eigenvalue weighted by Gasteiger charge is 2.30. The van der Waals surface area contributed by atoms with E-state index in [4.69, 9.17) is 0 Å². The van der Waals surface area contributed by atoms with Crippen LogP contribution in [-0.2, 0) is 10.9 Å². The second-order valence-corrected chi connectivity index (χ2v) is 5.31. The molecular formula is C17H17F3N2O2. The van der Waals surface area contributed by atoms with Crippen LogP contribution in [-0.4, -0.2) is 18.1 Å². The molecule has 0 saturated heterocycles. The van der Waals surface area contributed by atoms with Gasteiger partial charge in [-0.1, -0.05) is 12.1 Å². The zero-order chi connectivity index (χ0) is 17.9.